The van der Waals surface area contributed by atoms with Crippen molar-refractivity contribution in [2.45, 2.75) is 13.1 Å². The molecule has 0 saturated heterocycles. The van der Waals surface area contributed by atoms with Gasteiger partial charge in [-0.1, -0.05) is 12.1 Å². The molecule has 0 unspecified atom stereocenters. The van der Waals surface area contributed by atoms with Gasteiger partial charge in [-0.25, -0.2) is 9.37 Å². The van der Waals surface area contributed by atoms with Crippen LogP contribution in [-0.4, -0.2) is 15.9 Å². The lowest BCUT2D eigenvalue weighted by Crippen LogP contribution is -2.23. The number of nitrogens with one attached hydrogen (secondary N) is 1. The van der Waals surface area contributed by atoms with Crippen molar-refractivity contribution in [1.82, 2.24) is 9.97 Å². The summed E-state index contributed by atoms with van der Waals surface area (Å²) < 4.78 is 13.9. The van der Waals surface area contributed by atoms with Crippen molar-refractivity contribution >= 4 is 23.4 Å². The average molecular weight is 399 g/mol. The molecule has 0 spiro atoms. The summed E-state index contributed by atoms with van der Waals surface area (Å²) in [6.07, 6.45) is 1.31. The summed E-state index contributed by atoms with van der Waals surface area (Å²) in [6.45, 7) is 0.842. The summed E-state index contributed by atoms with van der Waals surface area (Å²) in [5, 5.41) is 21.1. The second kappa shape index (κ2) is 7.49. The molecule has 0 fully saturated rings. The second-order valence-corrected chi connectivity index (χ2v) is 6.64. The number of nitrogens with zero attached hydrogens (tertiary/aromatic N) is 5. The Morgan fingerprint density at radius 2 is 1.97 bits per heavy atom. The van der Waals surface area contributed by atoms with E-state index in [4.69, 9.17) is 11.0 Å². The van der Waals surface area contributed by atoms with Gasteiger partial charge in [-0.15, -0.1) is 0 Å². The molecule has 0 radical (unpaired) electrons. The van der Waals surface area contributed by atoms with E-state index >= 15 is 0 Å². The Hall–Kier alpha value is -4.50. The van der Waals surface area contributed by atoms with E-state index in [1.54, 1.807) is 12.1 Å². The minimum Gasteiger partial charge on any atom is -0.365 e. The van der Waals surface area contributed by atoms with E-state index in [1.807, 2.05) is 17.0 Å². The molecule has 2 heterocycles. The number of halogens is 1. The number of aromatic nitrogens is 2. The van der Waals surface area contributed by atoms with E-state index in [1.165, 1.54) is 18.3 Å². The number of amides is 1. The lowest BCUT2D eigenvalue weighted by molar-refractivity contribution is 0.1000. The van der Waals surface area contributed by atoms with Gasteiger partial charge in [0.05, 0.1) is 17.2 Å². The zero-order valence-corrected chi connectivity index (χ0v) is 15.6. The first-order valence-corrected chi connectivity index (χ1v) is 8.89. The highest BCUT2D eigenvalue weighted by Crippen LogP contribution is 2.31. The first kappa shape index (κ1) is 18.8. The van der Waals surface area contributed by atoms with Crippen molar-refractivity contribution in [1.29, 1.82) is 10.5 Å². The monoisotopic (exact) mass is 399 g/mol. The molecule has 30 heavy (non-hydrogen) atoms. The molecule has 1 aromatic heterocycles. The van der Waals surface area contributed by atoms with Crippen LogP contribution in [0.1, 0.15) is 32.6 Å². The molecule has 1 aliphatic rings. The quantitative estimate of drug-likeness (QED) is 0.689. The first-order chi connectivity index (χ1) is 14.5. The van der Waals surface area contributed by atoms with Crippen LogP contribution < -0.4 is 16.0 Å². The molecule has 2 aromatic carbocycles. The van der Waals surface area contributed by atoms with Gasteiger partial charge in [0.1, 0.15) is 23.3 Å². The van der Waals surface area contributed by atoms with Crippen molar-refractivity contribution in [3.63, 3.8) is 0 Å². The molecule has 9 heteroatoms. The van der Waals surface area contributed by atoms with Crippen LogP contribution >= 0.6 is 0 Å². The molecule has 4 rings (SSSR count). The minimum absolute atomic E-state index is 0.0747. The van der Waals surface area contributed by atoms with Gasteiger partial charge < -0.3 is 16.0 Å². The van der Waals surface area contributed by atoms with E-state index in [-0.39, 0.29) is 17.1 Å². The molecule has 3 aromatic rings. The Labute approximate surface area is 171 Å². The highest BCUT2D eigenvalue weighted by atomic mass is 19.1. The fourth-order valence-corrected chi connectivity index (χ4v) is 3.34. The summed E-state index contributed by atoms with van der Waals surface area (Å²) in [4.78, 5) is 22.3. The summed E-state index contributed by atoms with van der Waals surface area (Å²) in [6, 6.07) is 13.4. The van der Waals surface area contributed by atoms with E-state index in [0.717, 1.165) is 17.2 Å². The molecule has 3 N–H and O–H groups in total. The van der Waals surface area contributed by atoms with Gasteiger partial charge >= 0.3 is 0 Å². The lowest BCUT2D eigenvalue weighted by Gasteiger charge is -2.19. The number of fused-ring (bicyclic) bond motifs is 1. The van der Waals surface area contributed by atoms with Gasteiger partial charge in [-0.05, 0) is 35.4 Å². The van der Waals surface area contributed by atoms with Crippen molar-refractivity contribution in [3.05, 3.63) is 76.2 Å². The molecule has 146 valence electrons. The van der Waals surface area contributed by atoms with Gasteiger partial charge in [0.15, 0.2) is 0 Å². The maximum Gasteiger partial charge on any atom is 0.254 e. The Morgan fingerprint density at radius 1 is 1.17 bits per heavy atom. The number of carbonyl (C=O) groups excluding carboxylic acids is 1. The van der Waals surface area contributed by atoms with Crippen LogP contribution in [0.15, 0.2) is 42.6 Å². The highest BCUT2D eigenvalue weighted by molar-refractivity contribution is 5.97. The number of benzene rings is 2. The van der Waals surface area contributed by atoms with Crippen LogP contribution in [0.25, 0.3) is 0 Å². The van der Waals surface area contributed by atoms with E-state index in [9.17, 15) is 14.4 Å². The van der Waals surface area contributed by atoms with Crippen LogP contribution in [0.5, 0.6) is 0 Å². The van der Waals surface area contributed by atoms with Crippen molar-refractivity contribution in [3.8, 4) is 12.1 Å². The number of hydrogen-bond acceptors (Lipinski definition) is 7. The predicted molar refractivity (Wildman–Crippen MR) is 106 cm³/mol. The highest BCUT2D eigenvalue weighted by Gasteiger charge is 2.26. The minimum atomic E-state index is -0.683. The molecule has 1 amide bonds. The molecule has 0 aliphatic carbocycles. The predicted octanol–water partition coefficient (Wildman–Crippen LogP) is 2.72. The third-order valence-corrected chi connectivity index (χ3v) is 4.78. The zero-order chi connectivity index (χ0) is 21.3. The fraction of sp³-hybridized carbons (Fsp3) is 0.0952. The largest absolute Gasteiger partial charge is 0.365 e. The van der Waals surface area contributed by atoms with Gasteiger partial charge in [-0.2, -0.15) is 15.5 Å². The molecule has 0 bridgehead atoms. The van der Waals surface area contributed by atoms with Gasteiger partial charge in [-0.3, -0.25) is 4.79 Å². The summed E-state index contributed by atoms with van der Waals surface area (Å²) >= 11 is 0. The average Bonchev–Trinajstić information content (AvgIpc) is 3.18. The summed E-state index contributed by atoms with van der Waals surface area (Å²) in [7, 11) is 0. The maximum absolute atomic E-state index is 13.9. The summed E-state index contributed by atoms with van der Waals surface area (Å²) in [5.74, 6) is -0.905. The standard InChI is InChI=1S/C21H14FN7O/c22-18-6-15(5-4-13(18)8-24)27-21-26-9-16(19(25)30)20(28-21)29-10-14-3-1-2-12(7-23)17(14)11-29/h1-6,9H,10-11H2,(H2,25,30)(H,26,27,28). The first-order valence-electron chi connectivity index (χ1n) is 8.89. The van der Waals surface area contributed by atoms with E-state index in [2.05, 4.69) is 21.4 Å². The van der Waals surface area contributed by atoms with E-state index < -0.39 is 11.7 Å². The Bertz CT molecular complexity index is 1260. The maximum atomic E-state index is 13.9. The number of nitrogens with two attached hydrogens (primary N) is 1. The molecule has 8 nitrogen and oxygen atoms in total. The third-order valence-electron chi connectivity index (χ3n) is 4.78. The number of rotatable bonds is 4. The molecule has 0 atom stereocenters. The van der Waals surface area contributed by atoms with Crippen LogP contribution in [0.2, 0.25) is 0 Å². The van der Waals surface area contributed by atoms with Crippen LogP contribution in [0.3, 0.4) is 0 Å². The smallest absolute Gasteiger partial charge is 0.254 e. The Balaban J connectivity index is 1.68. The SMILES string of the molecule is N#Cc1ccc(Nc2ncc(C(N)=O)c(N3Cc4cccc(C#N)c4C3)n2)cc1F. The summed E-state index contributed by atoms with van der Waals surface area (Å²) in [5.41, 5.74) is 8.31. The van der Waals surface area contributed by atoms with Gasteiger partial charge in [0, 0.05) is 25.0 Å². The van der Waals surface area contributed by atoms with Gasteiger partial charge in [0.25, 0.3) is 5.91 Å². The van der Waals surface area contributed by atoms with Crippen LogP contribution in [0.4, 0.5) is 21.8 Å². The van der Waals surface area contributed by atoms with Crippen molar-refractivity contribution in [2.75, 3.05) is 10.2 Å². The Kier molecular flexibility index (Phi) is 4.71. The normalized spacial score (nSPS) is 12.0. The van der Waals surface area contributed by atoms with E-state index in [0.29, 0.717) is 30.2 Å². The number of nitriles is 2. The fourth-order valence-electron chi connectivity index (χ4n) is 3.34. The molecule has 0 saturated carbocycles. The van der Waals surface area contributed by atoms with Crippen molar-refractivity contribution < 1.29 is 9.18 Å². The zero-order valence-electron chi connectivity index (χ0n) is 15.6. The molecular weight excluding hydrogens is 385 g/mol. The topological polar surface area (TPSA) is 132 Å². The lowest BCUT2D eigenvalue weighted by atomic mass is 10.1. The third kappa shape index (κ3) is 3.36. The molecular formula is C21H14FN7O. The Morgan fingerprint density at radius 3 is 2.67 bits per heavy atom. The number of hydrogen-bond donors (Lipinski definition) is 2. The second-order valence-electron chi connectivity index (χ2n) is 6.64. The van der Waals surface area contributed by atoms with Gasteiger partial charge in [0.2, 0.25) is 5.95 Å². The number of primary amides is 1. The number of anilines is 3. The van der Waals surface area contributed by atoms with Crippen LogP contribution in [-0.2, 0) is 13.1 Å². The number of carbonyl (C=O) groups is 1. The van der Waals surface area contributed by atoms with Crippen LogP contribution in [0, 0.1) is 28.5 Å². The van der Waals surface area contributed by atoms with Crippen molar-refractivity contribution in [2.24, 2.45) is 5.73 Å². The molecule has 1 aliphatic heterocycles.